The number of rotatable bonds is 12. The van der Waals surface area contributed by atoms with Crippen molar-refractivity contribution in [2.75, 3.05) is 26.3 Å². The third-order valence-electron chi connectivity index (χ3n) is 6.42. The Balaban J connectivity index is 1.53. The molecule has 0 amide bonds. The van der Waals surface area contributed by atoms with Gasteiger partial charge in [-0.25, -0.2) is 0 Å². The maximum Gasteiger partial charge on any atom is 0.306 e. The number of carbonyl (C=O) groups is 1. The van der Waals surface area contributed by atoms with Crippen LogP contribution in [-0.4, -0.2) is 54.4 Å². The van der Waals surface area contributed by atoms with Crippen molar-refractivity contribution in [3.8, 4) is 0 Å². The third kappa shape index (κ3) is 8.34. The van der Waals surface area contributed by atoms with Crippen molar-refractivity contribution in [2.45, 2.75) is 64.2 Å². The summed E-state index contributed by atoms with van der Waals surface area (Å²) in [7, 11) is 0. The lowest BCUT2D eigenvalue weighted by Crippen LogP contribution is -2.39. The number of ether oxygens (including phenoxy) is 2. The number of β-amino-alcohol motifs (C(OH)–C–C–N with tert-alkyl or cyclic N) is 1. The van der Waals surface area contributed by atoms with Crippen LogP contribution in [0.3, 0.4) is 0 Å². The molecule has 0 radical (unpaired) electrons. The molecule has 8 heteroatoms. The van der Waals surface area contributed by atoms with Gasteiger partial charge < -0.3 is 14.6 Å². The Morgan fingerprint density at radius 1 is 1.17 bits per heavy atom. The summed E-state index contributed by atoms with van der Waals surface area (Å²) in [4.78, 5) is 14.1. The van der Waals surface area contributed by atoms with Gasteiger partial charge in [-0.3, -0.25) is 9.69 Å². The fourth-order valence-corrected chi connectivity index (χ4v) is 5.25. The molecule has 1 heterocycles. The number of esters is 1. The standard InChI is InChI=1S/C27H34Cl3NO4/c1-3-34-27(33)12-10-23-22(7-4-8-24(23)28)18(2)35-17-21(32)16-31-13-5-6-20(31)14-19-9-11-25(29)26(30)15-19/h4,7-9,11,15,18,20-21,32H,3,5-6,10,12-14,16-17H2,1-2H3/t18-,20+,21-/m1/s1. The molecule has 1 N–H and O–H groups in total. The van der Waals surface area contributed by atoms with Crippen LogP contribution in [0.5, 0.6) is 0 Å². The second kappa shape index (κ2) is 13.8. The smallest absolute Gasteiger partial charge is 0.306 e. The summed E-state index contributed by atoms with van der Waals surface area (Å²) in [5, 5.41) is 12.5. The highest BCUT2D eigenvalue weighted by molar-refractivity contribution is 6.42. The van der Waals surface area contributed by atoms with Gasteiger partial charge in [0.25, 0.3) is 0 Å². The van der Waals surface area contributed by atoms with E-state index < -0.39 is 6.10 Å². The lowest BCUT2D eigenvalue weighted by atomic mass is 9.99. The van der Waals surface area contributed by atoms with E-state index in [1.807, 2.05) is 43.3 Å². The summed E-state index contributed by atoms with van der Waals surface area (Å²) in [6.07, 6.45) is 2.90. The summed E-state index contributed by atoms with van der Waals surface area (Å²) in [5.41, 5.74) is 2.95. The highest BCUT2D eigenvalue weighted by Gasteiger charge is 2.27. The van der Waals surface area contributed by atoms with Gasteiger partial charge in [-0.05, 0) is 81.0 Å². The minimum absolute atomic E-state index is 0.209. The van der Waals surface area contributed by atoms with Crippen LogP contribution in [0.25, 0.3) is 0 Å². The normalized spacial score (nSPS) is 17.9. The third-order valence-corrected chi connectivity index (χ3v) is 7.51. The van der Waals surface area contributed by atoms with Crippen LogP contribution < -0.4 is 0 Å². The number of likely N-dealkylation sites (tertiary alicyclic amines) is 1. The van der Waals surface area contributed by atoms with E-state index in [4.69, 9.17) is 44.3 Å². The Hall–Kier alpha value is -1.34. The predicted octanol–water partition coefficient (Wildman–Crippen LogP) is 6.29. The first-order valence-corrected chi connectivity index (χ1v) is 13.3. The molecule has 0 bridgehead atoms. The van der Waals surface area contributed by atoms with Crippen molar-refractivity contribution in [1.29, 1.82) is 0 Å². The topological polar surface area (TPSA) is 59.0 Å². The number of hydrogen-bond donors (Lipinski definition) is 1. The van der Waals surface area contributed by atoms with Crippen molar-refractivity contribution < 1.29 is 19.4 Å². The molecule has 1 aliphatic rings. The zero-order valence-electron chi connectivity index (χ0n) is 20.3. The minimum atomic E-state index is -0.617. The Morgan fingerprint density at radius 2 is 1.97 bits per heavy atom. The number of benzene rings is 2. The quantitative estimate of drug-likeness (QED) is 0.320. The van der Waals surface area contributed by atoms with Crippen molar-refractivity contribution in [3.63, 3.8) is 0 Å². The highest BCUT2D eigenvalue weighted by atomic mass is 35.5. The summed E-state index contributed by atoms with van der Waals surface area (Å²) in [5.74, 6) is -0.247. The molecule has 2 aromatic rings. The molecule has 3 rings (SSSR count). The van der Waals surface area contributed by atoms with E-state index in [1.54, 1.807) is 6.92 Å². The van der Waals surface area contributed by atoms with Gasteiger partial charge in [-0.15, -0.1) is 0 Å². The lowest BCUT2D eigenvalue weighted by molar-refractivity contribution is -0.143. The predicted molar refractivity (Wildman–Crippen MR) is 142 cm³/mol. The Bertz CT molecular complexity index is 987. The molecule has 0 unspecified atom stereocenters. The first-order valence-electron chi connectivity index (χ1n) is 12.2. The molecule has 1 aliphatic heterocycles. The molecule has 3 atom stereocenters. The average Bonchev–Trinajstić information content (AvgIpc) is 3.25. The second-order valence-corrected chi connectivity index (χ2v) is 10.2. The van der Waals surface area contributed by atoms with Crippen molar-refractivity contribution in [2.24, 2.45) is 0 Å². The molecule has 2 aromatic carbocycles. The largest absolute Gasteiger partial charge is 0.466 e. The Labute approximate surface area is 223 Å². The highest BCUT2D eigenvalue weighted by Crippen LogP contribution is 2.29. The van der Waals surface area contributed by atoms with E-state index in [0.717, 1.165) is 42.5 Å². The van der Waals surface area contributed by atoms with Gasteiger partial charge in [0.2, 0.25) is 0 Å². The first-order chi connectivity index (χ1) is 16.8. The summed E-state index contributed by atoms with van der Waals surface area (Å²) in [6.45, 7) is 5.79. The molecule has 1 saturated heterocycles. The number of hydrogen-bond acceptors (Lipinski definition) is 5. The van der Waals surface area contributed by atoms with E-state index in [-0.39, 0.29) is 25.1 Å². The van der Waals surface area contributed by atoms with Gasteiger partial charge in [-0.1, -0.05) is 53.0 Å². The molecule has 192 valence electrons. The number of aliphatic hydroxyl groups is 1. The number of halogens is 3. The van der Waals surface area contributed by atoms with Crippen LogP contribution in [-0.2, 0) is 27.1 Å². The van der Waals surface area contributed by atoms with Crippen LogP contribution in [0.2, 0.25) is 15.1 Å². The molecular formula is C27H34Cl3NO4. The monoisotopic (exact) mass is 541 g/mol. The average molecular weight is 543 g/mol. The van der Waals surface area contributed by atoms with Gasteiger partial charge in [0.1, 0.15) is 0 Å². The van der Waals surface area contributed by atoms with Crippen LogP contribution in [0.4, 0.5) is 0 Å². The van der Waals surface area contributed by atoms with Crippen LogP contribution in [0.15, 0.2) is 36.4 Å². The maximum absolute atomic E-state index is 11.8. The van der Waals surface area contributed by atoms with Crippen molar-refractivity contribution >= 4 is 40.8 Å². The van der Waals surface area contributed by atoms with E-state index in [1.165, 1.54) is 0 Å². The molecule has 35 heavy (non-hydrogen) atoms. The Morgan fingerprint density at radius 3 is 2.71 bits per heavy atom. The van der Waals surface area contributed by atoms with E-state index >= 15 is 0 Å². The fraction of sp³-hybridized carbons (Fsp3) is 0.519. The molecular weight excluding hydrogens is 509 g/mol. The molecule has 0 aromatic heterocycles. The van der Waals surface area contributed by atoms with Crippen LogP contribution in [0, 0.1) is 0 Å². The number of aliphatic hydroxyl groups excluding tert-OH is 1. The van der Waals surface area contributed by atoms with Gasteiger partial charge in [-0.2, -0.15) is 0 Å². The molecule has 0 aliphatic carbocycles. The molecule has 0 saturated carbocycles. The molecule has 1 fully saturated rings. The first kappa shape index (κ1) is 28.2. The summed E-state index contributed by atoms with van der Waals surface area (Å²) >= 11 is 18.7. The summed E-state index contributed by atoms with van der Waals surface area (Å²) in [6, 6.07) is 11.8. The number of nitrogens with zero attached hydrogens (tertiary/aromatic N) is 1. The molecule has 5 nitrogen and oxygen atoms in total. The zero-order valence-corrected chi connectivity index (χ0v) is 22.6. The fourth-order valence-electron chi connectivity index (χ4n) is 4.65. The minimum Gasteiger partial charge on any atom is -0.466 e. The van der Waals surface area contributed by atoms with Crippen LogP contribution >= 0.6 is 34.8 Å². The lowest BCUT2D eigenvalue weighted by Gasteiger charge is -2.28. The van der Waals surface area contributed by atoms with E-state index in [2.05, 4.69) is 4.90 Å². The van der Waals surface area contributed by atoms with Crippen LogP contribution in [0.1, 0.15) is 55.9 Å². The molecule has 0 spiro atoms. The van der Waals surface area contributed by atoms with Gasteiger partial charge >= 0.3 is 5.97 Å². The second-order valence-electron chi connectivity index (χ2n) is 8.99. The maximum atomic E-state index is 11.8. The van der Waals surface area contributed by atoms with E-state index in [9.17, 15) is 9.90 Å². The van der Waals surface area contributed by atoms with Gasteiger partial charge in [0.15, 0.2) is 0 Å². The summed E-state index contributed by atoms with van der Waals surface area (Å²) < 4.78 is 11.1. The van der Waals surface area contributed by atoms with Crippen molar-refractivity contribution in [3.05, 3.63) is 68.2 Å². The van der Waals surface area contributed by atoms with E-state index in [0.29, 0.717) is 40.7 Å². The SMILES string of the molecule is CCOC(=O)CCc1c(Cl)cccc1[C@@H](C)OC[C@H](O)CN1CCC[C@H]1Cc1ccc(Cl)c(Cl)c1. The Kier molecular flexibility index (Phi) is 11.2. The van der Waals surface area contributed by atoms with Crippen molar-refractivity contribution in [1.82, 2.24) is 4.90 Å². The number of carbonyl (C=O) groups excluding carboxylic acids is 1. The zero-order chi connectivity index (χ0) is 25.4. The van der Waals surface area contributed by atoms with Gasteiger partial charge in [0, 0.05) is 24.0 Å². The van der Waals surface area contributed by atoms with Gasteiger partial charge in [0.05, 0.1) is 35.5 Å².